The standard InChI is InChI=1S/C21H27ClN2O3/c1-4-24(14-16-10-11-19(27-5-2)20(12-16)26-3)15-21(25)23-13-17-8-6-7-9-18(17)22/h6-12H,4-5,13-15H2,1-3H3,(H,23,25). The van der Waals surface area contributed by atoms with Crippen LogP contribution in [-0.2, 0) is 17.9 Å². The zero-order valence-corrected chi connectivity index (χ0v) is 16.9. The lowest BCUT2D eigenvalue weighted by Crippen LogP contribution is -2.36. The maximum atomic E-state index is 12.3. The fourth-order valence-corrected chi connectivity index (χ4v) is 2.92. The van der Waals surface area contributed by atoms with Crippen LogP contribution in [0.1, 0.15) is 25.0 Å². The van der Waals surface area contributed by atoms with Crippen LogP contribution in [0.2, 0.25) is 5.02 Å². The second-order valence-corrected chi connectivity index (χ2v) is 6.50. The van der Waals surface area contributed by atoms with Gasteiger partial charge in [0, 0.05) is 18.1 Å². The van der Waals surface area contributed by atoms with Gasteiger partial charge in [-0.05, 0) is 42.8 Å². The van der Waals surface area contributed by atoms with E-state index in [1.54, 1.807) is 7.11 Å². The van der Waals surface area contributed by atoms with Crippen molar-refractivity contribution in [3.8, 4) is 11.5 Å². The van der Waals surface area contributed by atoms with Gasteiger partial charge in [0.25, 0.3) is 0 Å². The molecule has 0 atom stereocenters. The largest absolute Gasteiger partial charge is 0.493 e. The normalized spacial score (nSPS) is 10.7. The number of carbonyl (C=O) groups excluding carboxylic acids is 1. The molecule has 146 valence electrons. The number of methoxy groups -OCH3 is 1. The number of amides is 1. The second-order valence-electron chi connectivity index (χ2n) is 6.09. The van der Waals surface area contributed by atoms with Gasteiger partial charge in [-0.25, -0.2) is 0 Å². The molecule has 2 rings (SSSR count). The minimum Gasteiger partial charge on any atom is -0.493 e. The first kappa shape index (κ1) is 21.1. The van der Waals surface area contributed by atoms with E-state index < -0.39 is 0 Å². The van der Waals surface area contributed by atoms with Crippen LogP contribution in [0.4, 0.5) is 0 Å². The van der Waals surface area contributed by atoms with Crippen molar-refractivity contribution in [2.75, 3.05) is 26.8 Å². The fraction of sp³-hybridized carbons (Fsp3) is 0.381. The Morgan fingerprint density at radius 2 is 1.93 bits per heavy atom. The van der Waals surface area contributed by atoms with E-state index in [-0.39, 0.29) is 5.91 Å². The number of nitrogens with one attached hydrogen (secondary N) is 1. The maximum Gasteiger partial charge on any atom is 0.234 e. The molecular weight excluding hydrogens is 364 g/mol. The SMILES string of the molecule is CCOc1ccc(CN(CC)CC(=O)NCc2ccccc2Cl)cc1OC. The van der Waals surface area contributed by atoms with E-state index in [9.17, 15) is 4.79 Å². The van der Waals surface area contributed by atoms with Gasteiger partial charge >= 0.3 is 0 Å². The highest BCUT2D eigenvalue weighted by molar-refractivity contribution is 6.31. The molecule has 0 aliphatic carbocycles. The molecule has 0 bridgehead atoms. The molecule has 0 radical (unpaired) electrons. The van der Waals surface area contributed by atoms with Crippen LogP contribution in [0.15, 0.2) is 42.5 Å². The van der Waals surface area contributed by atoms with Crippen molar-refractivity contribution in [2.45, 2.75) is 26.9 Å². The van der Waals surface area contributed by atoms with Gasteiger partial charge in [-0.15, -0.1) is 0 Å². The lowest BCUT2D eigenvalue weighted by molar-refractivity contribution is -0.122. The van der Waals surface area contributed by atoms with Crippen molar-refractivity contribution in [2.24, 2.45) is 0 Å². The van der Waals surface area contributed by atoms with Crippen LogP contribution < -0.4 is 14.8 Å². The summed E-state index contributed by atoms with van der Waals surface area (Å²) >= 11 is 6.13. The third kappa shape index (κ3) is 6.45. The van der Waals surface area contributed by atoms with E-state index in [1.165, 1.54) is 0 Å². The zero-order valence-electron chi connectivity index (χ0n) is 16.1. The smallest absolute Gasteiger partial charge is 0.234 e. The monoisotopic (exact) mass is 390 g/mol. The molecule has 5 nitrogen and oxygen atoms in total. The van der Waals surface area contributed by atoms with Gasteiger partial charge in [0.1, 0.15) is 0 Å². The van der Waals surface area contributed by atoms with Crippen molar-refractivity contribution < 1.29 is 14.3 Å². The number of hydrogen-bond donors (Lipinski definition) is 1. The Hall–Kier alpha value is -2.24. The summed E-state index contributed by atoms with van der Waals surface area (Å²) in [6.07, 6.45) is 0. The summed E-state index contributed by atoms with van der Waals surface area (Å²) in [7, 11) is 1.63. The first-order chi connectivity index (χ1) is 13.1. The van der Waals surface area contributed by atoms with Crippen LogP contribution in [0.5, 0.6) is 11.5 Å². The van der Waals surface area contributed by atoms with Crippen LogP contribution in [0.3, 0.4) is 0 Å². The van der Waals surface area contributed by atoms with Gasteiger partial charge < -0.3 is 14.8 Å². The minimum atomic E-state index is -0.0327. The third-order valence-corrected chi connectivity index (χ3v) is 4.55. The molecule has 0 aliphatic rings. The van der Waals surface area contributed by atoms with Gasteiger partial charge in [-0.3, -0.25) is 9.69 Å². The number of rotatable bonds is 10. The van der Waals surface area contributed by atoms with Crippen molar-refractivity contribution in [3.05, 3.63) is 58.6 Å². The summed E-state index contributed by atoms with van der Waals surface area (Å²) in [4.78, 5) is 14.4. The van der Waals surface area contributed by atoms with Crippen molar-refractivity contribution in [1.29, 1.82) is 0 Å². The minimum absolute atomic E-state index is 0.0327. The highest BCUT2D eigenvalue weighted by Gasteiger charge is 2.12. The molecule has 27 heavy (non-hydrogen) atoms. The maximum absolute atomic E-state index is 12.3. The van der Waals surface area contributed by atoms with Crippen molar-refractivity contribution in [3.63, 3.8) is 0 Å². The molecule has 0 spiro atoms. The number of carbonyl (C=O) groups is 1. The summed E-state index contributed by atoms with van der Waals surface area (Å²) in [6.45, 7) is 6.71. The van der Waals surface area contributed by atoms with Crippen LogP contribution in [-0.4, -0.2) is 37.6 Å². The Kier molecular flexibility index (Phi) is 8.43. The molecule has 0 aliphatic heterocycles. The van der Waals surface area contributed by atoms with Gasteiger partial charge in [0.05, 0.1) is 20.3 Å². The van der Waals surface area contributed by atoms with Gasteiger partial charge in [-0.2, -0.15) is 0 Å². The molecule has 0 saturated heterocycles. The van der Waals surface area contributed by atoms with E-state index in [2.05, 4.69) is 10.2 Å². The predicted octanol–water partition coefficient (Wildman–Crippen LogP) is 3.89. The molecule has 2 aromatic carbocycles. The van der Waals surface area contributed by atoms with Gasteiger partial charge in [0.15, 0.2) is 11.5 Å². The van der Waals surface area contributed by atoms with E-state index in [1.807, 2.05) is 56.3 Å². The Morgan fingerprint density at radius 1 is 1.15 bits per heavy atom. The van der Waals surface area contributed by atoms with E-state index in [0.717, 1.165) is 23.4 Å². The van der Waals surface area contributed by atoms with Gasteiger partial charge in [0.2, 0.25) is 5.91 Å². The zero-order chi connectivity index (χ0) is 19.6. The van der Waals surface area contributed by atoms with E-state index >= 15 is 0 Å². The van der Waals surface area contributed by atoms with Crippen molar-refractivity contribution in [1.82, 2.24) is 10.2 Å². The number of benzene rings is 2. The molecule has 0 aromatic heterocycles. The lowest BCUT2D eigenvalue weighted by Gasteiger charge is -2.21. The number of nitrogens with zero attached hydrogens (tertiary/aromatic N) is 1. The molecule has 1 N–H and O–H groups in total. The average Bonchev–Trinajstić information content (AvgIpc) is 2.68. The van der Waals surface area contributed by atoms with Gasteiger partial charge in [-0.1, -0.05) is 42.8 Å². The third-order valence-electron chi connectivity index (χ3n) is 4.18. The Labute approximate surface area is 166 Å². The lowest BCUT2D eigenvalue weighted by atomic mass is 10.2. The number of hydrogen-bond acceptors (Lipinski definition) is 4. The summed E-state index contributed by atoms with van der Waals surface area (Å²) < 4.78 is 10.9. The van der Waals surface area contributed by atoms with Crippen LogP contribution in [0, 0.1) is 0 Å². The molecule has 0 fully saturated rings. The number of likely N-dealkylation sites (N-methyl/N-ethyl adjacent to an activating group) is 1. The Balaban J connectivity index is 1.92. The Morgan fingerprint density at radius 3 is 2.59 bits per heavy atom. The molecule has 0 saturated carbocycles. The first-order valence-corrected chi connectivity index (χ1v) is 9.47. The molecule has 2 aromatic rings. The second kappa shape index (κ2) is 10.8. The highest BCUT2D eigenvalue weighted by atomic mass is 35.5. The van der Waals surface area contributed by atoms with Crippen LogP contribution >= 0.6 is 11.6 Å². The predicted molar refractivity (Wildman–Crippen MR) is 108 cm³/mol. The molecule has 0 unspecified atom stereocenters. The summed E-state index contributed by atoms with van der Waals surface area (Å²) in [5, 5.41) is 3.59. The molecular formula is C21H27ClN2O3. The number of halogens is 1. The molecule has 6 heteroatoms. The summed E-state index contributed by atoms with van der Waals surface area (Å²) in [6, 6.07) is 13.4. The highest BCUT2D eigenvalue weighted by Crippen LogP contribution is 2.28. The first-order valence-electron chi connectivity index (χ1n) is 9.09. The quantitative estimate of drug-likeness (QED) is 0.668. The van der Waals surface area contributed by atoms with E-state index in [0.29, 0.717) is 37.0 Å². The summed E-state index contributed by atoms with van der Waals surface area (Å²) in [5.41, 5.74) is 1.97. The fourth-order valence-electron chi connectivity index (χ4n) is 2.72. The van der Waals surface area contributed by atoms with Crippen molar-refractivity contribution >= 4 is 17.5 Å². The Bertz CT molecular complexity index is 752. The number of ether oxygens (including phenoxy) is 2. The molecule has 0 heterocycles. The van der Waals surface area contributed by atoms with E-state index in [4.69, 9.17) is 21.1 Å². The topological polar surface area (TPSA) is 50.8 Å². The average molecular weight is 391 g/mol. The summed E-state index contributed by atoms with van der Waals surface area (Å²) in [5.74, 6) is 1.40. The molecule has 1 amide bonds. The van der Waals surface area contributed by atoms with Crippen LogP contribution in [0.25, 0.3) is 0 Å².